The minimum Gasteiger partial charge on any atom is -0.478 e. The van der Waals surface area contributed by atoms with Gasteiger partial charge in [0.2, 0.25) is 5.91 Å². The molecule has 216 valence electrons. The quantitative estimate of drug-likeness (QED) is 0.207. The maximum atomic E-state index is 13.1. The van der Waals surface area contributed by atoms with Crippen LogP contribution in [0.3, 0.4) is 0 Å². The van der Waals surface area contributed by atoms with Crippen LogP contribution in [0.15, 0.2) is 72.9 Å². The van der Waals surface area contributed by atoms with Gasteiger partial charge in [-0.2, -0.15) is 0 Å². The molecule has 5 rings (SSSR count). The lowest BCUT2D eigenvalue weighted by Crippen LogP contribution is -2.33. The third kappa shape index (κ3) is 5.65. The first-order valence-corrected chi connectivity index (χ1v) is 14.5. The highest BCUT2D eigenvalue weighted by Gasteiger charge is 2.41. The zero-order valence-electron chi connectivity index (χ0n) is 24.2. The van der Waals surface area contributed by atoms with Crippen LogP contribution < -0.4 is 10.6 Å². The Hall–Kier alpha value is -4.50. The summed E-state index contributed by atoms with van der Waals surface area (Å²) in [6, 6.07) is 20.5. The van der Waals surface area contributed by atoms with Crippen molar-refractivity contribution in [2.24, 2.45) is 0 Å². The van der Waals surface area contributed by atoms with Crippen LogP contribution >= 0.6 is 12.2 Å². The van der Waals surface area contributed by atoms with E-state index in [9.17, 15) is 14.7 Å². The number of amides is 1. The first-order valence-electron chi connectivity index (χ1n) is 14.1. The molecule has 0 aliphatic carbocycles. The molecular formula is C33H35N5O3S. The molecule has 2 aromatic heterocycles. The summed E-state index contributed by atoms with van der Waals surface area (Å²) >= 11 is 5.84. The molecule has 1 amide bonds. The van der Waals surface area contributed by atoms with E-state index < -0.39 is 5.97 Å². The summed E-state index contributed by atoms with van der Waals surface area (Å²) in [7, 11) is 0. The Balaban J connectivity index is 1.50. The van der Waals surface area contributed by atoms with E-state index >= 15 is 0 Å². The second-order valence-corrected chi connectivity index (χ2v) is 11.0. The number of nitrogens with zero attached hydrogens (tertiary/aromatic N) is 3. The Morgan fingerprint density at radius 1 is 1.05 bits per heavy atom. The Morgan fingerprint density at radius 3 is 2.52 bits per heavy atom. The van der Waals surface area contributed by atoms with Crippen LogP contribution in [-0.4, -0.2) is 43.1 Å². The van der Waals surface area contributed by atoms with Gasteiger partial charge in [-0.1, -0.05) is 37.3 Å². The number of pyridine rings is 1. The van der Waals surface area contributed by atoms with E-state index in [1.54, 1.807) is 18.3 Å². The third-order valence-corrected chi connectivity index (χ3v) is 8.29. The maximum Gasteiger partial charge on any atom is 0.335 e. The average molecular weight is 582 g/mol. The van der Waals surface area contributed by atoms with Crippen LogP contribution in [-0.2, 0) is 11.2 Å². The minimum absolute atomic E-state index is 0.0784. The van der Waals surface area contributed by atoms with Crippen molar-refractivity contribution in [3.63, 3.8) is 0 Å². The van der Waals surface area contributed by atoms with E-state index in [4.69, 9.17) is 12.2 Å². The van der Waals surface area contributed by atoms with E-state index in [0.29, 0.717) is 11.7 Å². The normalized spacial score (nSPS) is 16.4. The molecule has 4 aromatic rings. The number of carboxylic acids is 1. The van der Waals surface area contributed by atoms with E-state index in [2.05, 4.69) is 38.1 Å². The second-order valence-electron chi connectivity index (χ2n) is 10.6. The number of thiocarbonyl (C=S) groups is 1. The molecular weight excluding hydrogens is 546 g/mol. The summed E-state index contributed by atoms with van der Waals surface area (Å²) < 4.78 is 2.10. The van der Waals surface area contributed by atoms with Crippen molar-refractivity contribution in [1.82, 2.24) is 19.8 Å². The Morgan fingerprint density at radius 2 is 1.81 bits per heavy atom. The van der Waals surface area contributed by atoms with Crippen LogP contribution in [0.5, 0.6) is 0 Å². The highest BCUT2D eigenvalue weighted by atomic mass is 32.1. The standard InChI is InChI=1S/C33H35N5O3S/c1-5-23-10-6-7-11-26(23)35-29(39)15-17-37-31(30(36-33(37)42)27-12-8-9-16-34-27)25-18-21(3)38(22(25)4)28-19-24(32(40)41)14-13-20(28)2/h6-14,16,18-19,30-31H,5,15,17H2,1-4H3,(H,35,39)(H,36,42)(H,40,41)/t30-,31-/m0/s1. The SMILES string of the molecule is CCc1ccccc1NC(=O)CCN1C(=S)N[C@@H](c2ccccn2)[C@@H]1c1cc(C)n(-c2cc(C(=O)O)ccc2C)c1C. The predicted octanol–water partition coefficient (Wildman–Crippen LogP) is 6.06. The van der Waals surface area contributed by atoms with Crippen LogP contribution in [0.25, 0.3) is 5.69 Å². The van der Waals surface area contributed by atoms with Gasteiger partial charge in [0.05, 0.1) is 23.3 Å². The van der Waals surface area contributed by atoms with Crippen LogP contribution in [0, 0.1) is 20.8 Å². The minimum atomic E-state index is -0.967. The monoisotopic (exact) mass is 581 g/mol. The molecule has 1 saturated heterocycles. The first-order chi connectivity index (χ1) is 20.2. The van der Waals surface area contributed by atoms with Gasteiger partial charge in [-0.15, -0.1) is 0 Å². The molecule has 0 unspecified atom stereocenters. The van der Waals surface area contributed by atoms with Crippen molar-refractivity contribution in [2.45, 2.75) is 52.6 Å². The van der Waals surface area contributed by atoms with Gasteiger partial charge in [-0.25, -0.2) is 4.79 Å². The second kappa shape index (κ2) is 12.2. The summed E-state index contributed by atoms with van der Waals surface area (Å²) in [5.41, 5.74) is 7.77. The summed E-state index contributed by atoms with van der Waals surface area (Å²) in [4.78, 5) is 31.6. The lowest BCUT2D eigenvalue weighted by Gasteiger charge is -2.28. The maximum absolute atomic E-state index is 13.1. The number of hydrogen-bond acceptors (Lipinski definition) is 4. The molecule has 1 aliphatic rings. The molecule has 1 fully saturated rings. The molecule has 1 aliphatic heterocycles. The molecule has 2 atom stereocenters. The Kier molecular flexibility index (Phi) is 8.40. The summed E-state index contributed by atoms with van der Waals surface area (Å²) in [6.07, 6.45) is 2.85. The average Bonchev–Trinajstić information content (AvgIpc) is 3.46. The van der Waals surface area contributed by atoms with Gasteiger partial charge >= 0.3 is 5.97 Å². The number of nitrogens with one attached hydrogen (secondary N) is 2. The molecule has 2 aromatic carbocycles. The van der Waals surface area contributed by atoms with Crippen molar-refractivity contribution in [2.75, 3.05) is 11.9 Å². The van der Waals surface area contributed by atoms with E-state index in [1.807, 2.05) is 69.3 Å². The van der Waals surface area contributed by atoms with Gasteiger partial charge in [-0.05, 0) is 92.5 Å². The molecule has 3 heterocycles. The van der Waals surface area contributed by atoms with Gasteiger partial charge in [0, 0.05) is 41.9 Å². The van der Waals surface area contributed by atoms with E-state index in [0.717, 1.165) is 51.6 Å². The highest BCUT2D eigenvalue weighted by Crippen LogP contribution is 2.41. The van der Waals surface area contributed by atoms with Gasteiger partial charge in [0.1, 0.15) is 0 Å². The Labute approximate surface area is 251 Å². The number of anilines is 1. The molecule has 42 heavy (non-hydrogen) atoms. The van der Waals surface area contributed by atoms with Gasteiger partial charge < -0.3 is 25.2 Å². The van der Waals surface area contributed by atoms with Crippen LogP contribution in [0.2, 0.25) is 0 Å². The first kappa shape index (κ1) is 29.0. The lowest BCUT2D eigenvalue weighted by molar-refractivity contribution is -0.116. The number of aryl methyl sites for hydroxylation is 3. The number of para-hydroxylation sites is 1. The molecule has 0 saturated carbocycles. The molecule has 8 nitrogen and oxygen atoms in total. The van der Waals surface area contributed by atoms with Crippen LogP contribution in [0.4, 0.5) is 5.69 Å². The van der Waals surface area contributed by atoms with Gasteiger partial charge in [0.15, 0.2) is 5.11 Å². The zero-order chi connectivity index (χ0) is 30.0. The zero-order valence-corrected chi connectivity index (χ0v) is 25.0. The highest BCUT2D eigenvalue weighted by molar-refractivity contribution is 7.80. The van der Waals surface area contributed by atoms with Crippen molar-refractivity contribution in [3.05, 3.63) is 112 Å². The fourth-order valence-electron chi connectivity index (χ4n) is 5.81. The number of carboxylic acid groups (broad SMARTS) is 1. The number of aromatic carboxylic acids is 1. The van der Waals surface area contributed by atoms with E-state index in [-0.39, 0.29) is 30.0 Å². The number of carbonyl (C=O) groups is 2. The molecule has 3 N–H and O–H groups in total. The molecule has 0 bridgehead atoms. The topological polar surface area (TPSA) is 99.5 Å². The third-order valence-electron chi connectivity index (χ3n) is 7.94. The fourth-order valence-corrected chi connectivity index (χ4v) is 6.14. The van der Waals surface area contributed by atoms with Crippen molar-refractivity contribution >= 4 is 34.9 Å². The fraction of sp³-hybridized carbons (Fsp3) is 0.273. The van der Waals surface area contributed by atoms with Gasteiger partial charge in [0.25, 0.3) is 0 Å². The number of rotatable bonds is 9. The molecule has 9 heteroatoms. The van der Waals surface area contributed by atoms with Crippen molar-refractivity contribution < 1.29 is 14.7 Å². The lowest BCUT2D eigenvalue weighted by atomic mass is 9.96. The largest absolute Gasteiger partial charge is 0.478 e. The number of aromatic nitrogens is 2. The molecule has 0 radical (unpaired) electrons. The number of carbonyl (C=O) groups excluding carboxylic acids is 1. The van der Waals surface area contributed by atoms with Crippen molar-refractivity contribution in [3.8, 4) is 5.69 Å². The van der Waals surface area contributed by atoms with Crippen LogP contribution in [0.1, 0.15) is 69.6 Å². The van der Waals surface area contributed by atoms with Crippen molar-refractivity contribution in [1.29, 1.82) is 0 Å². The Bertz CT molecular complexity index is 1650. The summed E-state index contributed by atoms with van der Waals surface area (Å²) in [6.45, 7) is 8.51. The smallest absolute Gasteiger partial charge is 0.335 e. The number of benzene rings is 2. The molecule has 0 spiro atoms. The van der Waals surface area contributed by atoms with Gasteiger partial charge in [-0.3, -0.25) is 9.78 Å². The number of hydrogen-bond donors (Lipinski definition) is 3. The summed E-state index contributed by atoms with van der Waals surface area (Å²) in [5, 5.41) is 16.7. The summed E-state index contributed by atoms with van der Waals surface area (Å²) in [5.74, 6) is -1.05. The van der Waals surface area contributed by atoms with E-state index in [1.165, 1.54) is 0 Å². The predicted molar refractivity (Wildman–Crippen MR) is 168 cm³/mol.